The number of hydrogen-bond donors (Lipinski definition) is 2. The number of likely N-dealkylation sites (tertiary alicyclic amines) is 1. The second-order valence-corrected chi connectivity index (χ2v) is 7.72. The molecule has 2 fully saturated rings. The predicted octanol–water partition coefficient (Wildman–Crippen LogP) is 2.64. The fourth-order valence-electron chi connectivity index (χ4n) is 4.39. The van der Waals surface area contributed by atoms with Gasteiger partial charge in [-0.1, -0.05) is 20.3 Å². The van der Waals surface area contributed by atoms with Crippen molar-refractivity contribution in [1.82, 2.24) is 10.2 Å². The van der Waals surface area contributed by atoms with Crippen molar-refractivity contribution in [1.29, 1.82) is 0 Å². The maximum atomic E-state index is 9.28. The lowest BCUT2D eigenvalue weighted by Crippen LogP contribution is -2.50. The minimum absolute atomic E-state index is 0.340. The number of piperidine rings is 1. The smallest absolute Gasteiger partial charge is 0.0445 e. The molecule has 1 saturated carbocycles. The molecule has 1 heterocycles. The Morgan fingerprint density at radius 3 is 2.75 bits per heavy atom. The monoisotopic (exact) mass is 282 g/mol. The van der Waals surface area contributed by atoms with Gasteiger partial charge in [-0.25, -0.2) is 0 Å². The molecule has 0 aromatic carbocycles. The molecule has 0 aromatic rings. The van der Waals surface area contributed by atoms with E-state index in [0.717, 1.165) is 12.3 Å². The van der Waals surface area contributed by atoms with E-state index in [2.05, 4.69) is 31.1 Å². The molecule has 2 aliphatic rings. The van der Waals surface area contributed by atoms with Gasteiger partial charge in [0, 0.05) is 25.2 Å². The normalized spacial score (nSPS) is 35.1. The minimum Gasteiger partial charge on any atom is -0.396 e. The highest BCUT2D eigenvalue weighted by Gasteiger charge is 2.36. The number of nitrogens with one attached hydrogen (secondary N) is 1. The molecule has 3 heteroatoms. The zero-order chi connectivity index (χ0) is 14.6. The Balaban J connectivity index is 1.97. The Morgan fingerprint density at radius 1 is 1.25 bits per heavy atom. The van der Waals surface area contributed by atoms with E-state index in [9.17, 15) is 5.11 Å². The van der Waals surface area contributed by atoms with Crippen LogP contribution in [-0.2, 0) is 0 Å². The van der Waals surface area contributed by atoms with E-state index in [4.69, 9.17) is 0 Å². The lowest BCUT2D eigenvalue weighted by atomic mass is 9.69. The second kappa shape index (κ2) is 7.24. The molecular weight excluding hydrogens is 248 g/mol. The number of aliphatic hydroxyl groups excluding tert-OH is 1. The maximum Gasteiger partial charge on any atom is 0.0445 e. The number of nitrogens with zero attached hydrogens (tertiary/aromatic N) is 1. The summed E-state index contributed by atoms with van der Waals surface area (Å²) in [4.78, 5) is 2.68. The van der Waals surface area contributed by atoms with Gasteiger partial charge in [-0.3, -0.25) is 4.90 Å². The van der Waals surface area contributed by atoms with E-state index in [-0.39, 0.29) is 0 Å². The number of hydrogen-bond acceptors (Lipinski definition) is 3. The predicted molar refractivity (Wildman–Crippen MR) is 84.9 cm³/mol. The fourth-order valence-corrected chi connectivity index (χ4v) is 4.39. The first kappa shape index (κ1) is 16.3. The van der Waals surface area contributed by atoms with Gasteiger partial charge in [-0.2, -0.15) is 0 Å². The van der Waals surface area contributed by atoms with Crippen molar-refractivity contribution >= 4 is 0 Å². The highest BCUT2D eigenvalue weighted by Crippen LogP contribution is 2.39. The van der Waals surface area contributed by atoms with Gasteiger partial charge in [-0.15, -0.1) is 0 Å². The summed E-state index contributed by atoms with van der Waals surface area (Å²) < 4.78 is 0. The zero-order valence-electron chi connectivity index (χ0n) is 13.7. The third-order valence-electron chi connectivity index (χ3n) is 5.57. The van der Waals surface area contributed by atoms with Gasteiger partial charge in [0.05, 0.1) is 0 Å². The molecule has 1 saturated heterocycles. The third kappa shape index (κ3) is 4.19. The Kier molecular flexibility index (Phi) is 5.88. The molecule has 3 unspecified atom stereocenters. The summed E-state index contributed by atoms with van der Waals surface area (Å²) in [5.41, 5.74) is 0.500. The Hall–Kier alpha value is -0.120. The van der Waals surface area contributed by atoms with E-state index in [0.29, 0.717) is 24.1 Å². The van der Waals surface area contributed by atoms with E-state index in [1.807, 2.05) is 0 Å². The molecule has 0 radical (unpaired) electrons. The standard InChI is InChI=1S/C17H34N2O/c1-17(2)9-7-16(18-3)14(12-17)13-19-10-5-4-6-15(19)8-11-20/h14-16,18,20H,4-13H2,1-3H3. The highest BCUT2D eigenvalue weighted by molar-refractivity contribution is 4.91. The van der Waals surface area contributed by atoms with Crippen LogP contribution in [0.3, 0.4) is 0 Å². The van der Waals surface area contributed by atoms with Crippen molar-refractivity contribution < 1.29 is 5.11 Å². The topological polar surface area (TPSA) is 35.5 Å². The average molecular weight is 282 g/mol. The molecule has 2 rings (SSSR count). The van der Waals surface area contributed by atoms with Crippen LogP contribution in [0.4, 0.5) is 0 Å². The zero-order valence-corrected chi connectivity index (χ0v) is 13.7. The summed E-state index contributed by atoms with van der Waals surface area (Å²) in [6.07, 6.45) is 8.90. The van der Waals surface area contributed by atoms with Crippen LogP contribution >= 0.6 is 0 Å². The average Bonchev–Trinajstić information content (AvgIpc) is 2.41. The van der Waals surface area contributed by atoms with Crippen LogP contribution in [0.2, 0.25) is 0 Å². The van der Waals surface area contributed by atoms with E-state index < -0.39 is 0 Å². The van der Waals surface area contributed by atoms with Gasteiger partial charge in [0.15, 0.2) is 0 Å². The molecule has 20 heavy (non-hydrogen) atoms. The van der Waals surface area contributed by atoms with Gasteiger partial charge in [0.1, 0.15) is 0 Å². The molecule has 0 amide bonds. The van der Waals surface area contributed by atoms with Crippen LogP contribution in [0, 0.1) is 11.3 Å². The quantitative estimate of drug-likeness (QED) is 0.814. The summed E-state index contributed by atoms with van der Waals surface area (Å²) in [5.74, 6) is 0.767. The van der Waals surface area contributed by atoms with Crippen LogP contribution in [0.15, 0.2) is 0 Å². The number of rotatable bonds is 5. The SMILES string of the molecule is CNC1CCC(C)(C)CC1CN1CCCCC1CCO. The van der Waals surface area contributed by atoms with Crippen molar-refractivity contribution in [3.63, 3.8) is 0 Å². The first-order chi connectivity index (χ1) is 9.55. The van der Waals surface area contributed by atoms with Gasteiger partial charge in [0.2, 0.25) is 0 Å². The van der Waals surface area contributed by atoms with E-state index >= 15 is 0 Å². The summed E-state index contributed by atoms with van der Waals surface area (Å²) >= 11 is 0. The molecule has 118 valence electrons. The molecular formula is C17H34N2O. The molecule has 3 atom stereocenters. The molecule has 2 N–H and O–H groups in total. The first-order valence-electron chi connectivity index (χ1n) is 8.58. The largest absolute Gasteiger partial charge is 0.396 e. The number of aliphatic hydroxyl groups is 1. The van der Waals surface area contributed by atoms with Crippen molar-refractivity contribution in [2.24, 2.45) is 11.3 Å². The Labute approximate surface area is 125 Å². The summed E-state index contributed by atoms with van der Waals surface area (Å²) in [6, 6.07) is 1.30. The molecule has 0 aromatic heterocycles. The van der Waals surface area contributed by atoms with Crippen LogP contribution in [-0.4, -0.2) is 48.8 Å². The fraction of sp³-hybridized carbons (Fsp3) is 1.00. The third-order valence-corrected chi connectivity index (χ3v) is 5.57. The molecule has 0 spiro atoms. The van der Waals surface area contributed by atoms with Crippen LogP contribution < -0.4 is 5.32 Å². The Bertz CT molecular complexity index is 291. The summed E-state index contributed by atoms with van der Waals surface area (Å²) in [5, 5.41) is 12.8. The van der Waals surface area contributed by atoms with Gasteiger partial charge < -0.3 is 10.4 Å². The van der Waals surface area contributed by atoms with Crippen LogP contribution in [0.5, 0.6) is 0 Å². The van der Waals surface area contributed by atoms with Crippen molar-refractivity contribution in [2.75, 3.05) is 26.7 Å². The summed E-state index contributed by atoms with van der Waals surface area (Å²) in [7, 11) is 2.12. The molecule has 3 nitrogen and oxygen atoms in total. The first-order valence-corrected chi connectivity index (χ1v) is 8.58. The van der Waals surface area contributed by atoms with Crippen LogP contribution in [0.1, 0.15) is 58.8 Å². The minimum atomic E-state index is 0.340. The molecule has 1 aliphatic heterocycles. The van der Waals surface area contributed by atoms with E-state index in [1.165, 1.54) is 51.6 Å². The van der Waals surface area contributed by atoms with Gasteiger partial charge >= 0.3 is 0 Å². The molecule has 0 bridgehead atoms. The summed E-state index contributed by atoms with van der Waals surface area (Å²) in [6.45, 7) is 7.64. The highest BCUT2D eigenvalue weighted by atomic mass is 16.3. The molecule has 1 aliphatic carbocycles. The van der Waals surface area contributed by atoms with Gasteiger partial charge in [0.25, 0.3) is 0 Å². The van der Waals surface area contributed by atoms with E-state index in [1.54, 1.807) is 0 Å². The van der Waals surface area contributed by atoms with Crippen molar-refractivity contribution in [3.8, 4) is 0 Å². The van der Waals surface area contributed by atoms with Crippen molar-refractivity contribution in [3.05, 3.63) is 0 Å². The van der Waals surface area contributed by atoms with Crippen LogP contribution in [0.25, 0.3) is 0 Å². The maximum absolute atomic E-state index is 9.28. The van der Waals surface area contributed by atoms with Gasteiger partial charge in [-0.05, 0) is 63.5 Å². The van der Waals surface area contributed by atoms with Crippen molar-refractivity contribution in [2.45, 2.75) is 70.9 Å². The lowest BCUT2D eigenvalue weighted by Gasteiger charge is -2.45. The second-order valence-electron chi connectivity index (χ2n) is 7.72. The Morgan fingerprint density at radius 2 is 2.05 bits per heavy atom. The lowest BCUT2D eigenvalue weighted by molar-refractivity contribution is 0.0578.